The highest BCUT2D eigenvalue weighted by atomic mass is 32.1. The van der Waals surface area contributed by atoms with Crippen LogP contribution in [0.4, 0.5) is 0 Å². The Morgan fingerprint density at radius 1 is 1.07 bits per heavy atom. The van der Waals surface area contributed by atoms with Crippen LogP contribution in [0.5, 0.6) is 0 Å². The smallest absolute Gasteiger partial charge is 0.242 e. The van der Waals surface area contributed by atoms with E-state index in [1.54, 1.807) is 27.7 Å². The van der Waals surface area contributed by atoms with Gasteiger partial charge in [0.1, 0.15) is 0 Å². The fourth-order valence-corrected chi connectivity index (χ4v) is 5.02. The Hall–Kier alpha value is -3.03. The van der Waals surface area contributed by atoms with Crippen LogP contribution in [0.1, 0.15) is 36.9 Å². The lowest BCUT2D eigenvalue weighted by Crippen LogP contribution is -2.26. The standard InChI is InChI=1S/C23H20N4OS2/c1-2-22(28)27-21(12-20(24-27)16-8-10-29-14-16)19-13-26(18-6-4-3-5-7-18)25-23(19)17-9-11-30-15-17/h3-11,13-15,21H,2,12H2,1H3/t21-/m0/s1. The topological polar surface area (TPSA) is 50.5 Å². The van der Waals surface area contributed by atoms with Crippen LogP contribution in [0.15, 0.2) is 75.3 Å². The van der Waals surface area contributed by atoms with E-state index in [-0.39, 0.29) is 11.9 Å². The molecule has 0 fully saturated rings. The molecule has 3 aromatic heterocycles. The van der Waals surface area contributed by atoms with Crippen LogP contribution >= 0.6 is 22.7 Å². The molecular formula is C23H20N4OS2. The number of carbonyl (C=O) groups is 1. The van der Waals surface area contributed by atoms with Gasteiger partial charge in [-0.2, -0.15) is 32.9 Å². The van der Waals surface area contributed by atoms with E-state index in [1.165, 1.54) is 0 Å². The first-order valence-electron chi connectivity index (χ1n) is 9.84. The Labute approximate surface area is 182 Å². The number of hydrazone groups is 1. The van der Waals surface area contributed by atoms with E-state index in [1.807, 2.05) is 47.3 Å². The van der Waals surface area contributed by atoms with Gasteiger partial charge in [-0.25, -0.2) is 9.69 Å². The number of hydrogen-bond donors (Lipinski definition) is 0. The van der Waals surface area contributed by atoms with Crippen LogP contribution < -0.4 is 0 Å². The summed E-state index contributed by atoms with van der Waals surface area (Å²) in [4.78, 5) is 12.8. The third-order valence-electron chi connectivity index (χ3n) is 5.24. The van der Waals surface area contributed by atoms with Crippen LogP contribution in [-0.4, -0.2) is 26.4 Å². The summed E-state index contributed by atoms with van der Waals surface area (Å²) >= 11 is 3.29. The second-order valence-electron chi connectivity index (χ2n) is 7.10. The lowest BCUT2D eigenvalue weighted by Gasteiger charge is -2.21. The van der Waals surface area contributed by atoms with E-state index in [9.17, 15) is 4.79 Å². The predicted octanol–water partition coefficient (Wildman–Crippen LogP) is 5.75. The monoisotopic (exact) mass is 432 g/mol. The fourth-order valence-electron chi connectivity index (χ4n) is 3.72. The molecule has 1 aliphatic rings. The first-order valence-corrected chi connectivity index (χ1v) is 11.7. The van der Waals surface area contributed by atoms with Crippen molar-refractivity contribution in [2.45, 2.75) is 25.8 Å². The third kappa shape index (κ3) is 3.40. The molecule has 0 spiro atoms. The molecular weight excluding hydrogens is 412 g/mol. The van der Waals surface area contributed by atoms with E-state index in [0.717, 1.165) is 33.8 Å². The summed E-state index contributed by atoms with van der Waals surface area (Å²) in [5.41, 5.74) is 6.02. The Morgan fingerprint density at radius 2 is 1.80 bits per heavy atom. The molecule has 4 heterocycles. The van der Waals surface area contributed by atoms with Gasteiger partial charge in [-0.1, -0.05) is 25.1 Å². The molecule has 0 saturated carbocycles. The van der Waals surface area contributed by atoms with E-state index < -0.39 is 0 Å². The molecule has 1 aliphatic heterocycles. The second-order valence-corrected chi connectivity index (χ2v) is 8.66. The number of para-hydroxylation sites is 1. The third-order valence-corrected chi connectivity index (χ3v) is 6.61. The average Bonchev–Trinajstić information content (AvgIpc) is 3.57. The molecule has 0 aliphatic carbocycles. The molecule has 7 heteroatoms. The molecule has 4 aromatic rings. The number of hydrogen-bond acceptors (Lipinski definition) is 5. The Bertz CT molecular complexity index is 1180. The lowest BCUT2D eigenvalue weighted by atomic mass is 9.98. The summed E-state index contributed by atoms with van der Waals surface area (Å²) in [5.74, 6) is 0.0222. The minimum absolute atomic E-state index is 0.0222. The normalized spacial score (nSPS) is 16.1. The van der Waals surface area contributed by atoms with Gasteiger partial charge in [-0.05, 0) is 40.4 Å². The van der Waals surface area contributed by atoms with Gasteiger partial charge >= 0.3 is 0 Å². The first kappa shape index (κ1) is 19.0. The summed E-state index contributed by atoms with van der Waals surface area (Å²) < 4.78 is 1.90. The first-order chi connectivity index (χ1) is 14.7. The zero-order chi connectivity index (χ0) is 20.5. The molecule has 5 nitrogen and oxygen atoms in total. The van der Waals surface area contributed by atoms with E-state index in [4.69, 9.17) is 10.2 Å². The maximum absolute atomic E-state index is 12.8. The zero-order valence-corrected chi connectivity index (χ0v) is 18.1. The van der Waals surface area contributed by atoms with Crippen LogP contribution in [-0.2, 0) is 4.79 Å². The molecule has 0 N–H and O–H groups in total. The van der Waals surface area contributed by atoms with Gasteiger partial charge in [0.15, 0.2) is 0 Å². The molecule has 1 amide bonds. The van der Waals surface area contributed by atoms with Gasteiger partial charge in [-0.15, -0.1) is 0 Å². The van der Waals surface area contributed by atoms with Crippen molar-refractivity contribution in [2.75, 3.05) is 0 Å². The molecule has 0 unspecified atom stereocenters. The number of nitrogens with zero attached hydrogens (tertiary/aromatic N) is 4. The maximum Gasteiger partial charge on any atom is 0.242 e. The second kappa shape index (κ2) is 8.01. The van der Waals surface area contributed by atoms with Crippen molar-refractivity contribution in [1.82, 2.24) is 14.8 Å². The minimum atomic E-state index is -0.167. The SMILES string of the molecule is CCC(=O)N1N=C(c2ccsc2)C[C@H]1c1cn(-c2ccccc2)nc1-c1ccsc1. The van der Waals surface area contributed by atoms with Crippen LogP contribution in [0.3, 0.4) is 0 Å². The fraction of sp³-hybridized carbons (Fsp3) is 0.174. The molecule has 0 radical (unpaired) electrons. The molecule has 0 bridgehead atoms. The average molecular weight is 433 g/mol. The van der Waals surface area contributed by atoms with E-state index >= 15 is 0 Å². The zero-order valence-electron chi connectivity index (χ0n) is 16.4. The summed E-state index contributed by atoms with van der Waals surface area (Å²) in [6.07, 6.45) is 3.15. The highest BCUT2D eigenvalue weighted by Crippen LogP contribution is 2.39. The number of benzene rings is 1. The molecule has 1 aromatic carbocycles. The molecule has 1 atom stereocenters. The maximum atomic E-state index is 12.8. The van der Waals surface area contributed by atoms with Gasteiger partial charge in [0.25, 0.3) is 0 Å². The Kier molecular flexibility index (Phi) is 5.06. The van der Waals surface area contributed by atoms with E-state index in [2.05, 4.69) is 34.5 Å². The van der Waals surface area contributed by atoms with Crippen molar-refractivity contribution in [3.8, 4) is 16.9 Å². The molecule has 150 valence electrons. The minimum Gasteiger partial charge on any atom is -0.273 e. The van der Waals surface area contributed by atoms with Crippen LogP contribution in [0, 0.1) is 0 Å². The van der Waals surface area contributed by atoms with Crippen molar-refractivity contribution in [1.29, 1.82) is 0 Å². The summed E-state index contributed by atoms with van der Waals surface area (Å²) in [6, 6.07) is 14.0. The van der Waals surface area contributed by atoms with Gasteiger partial charge in [0.2, 0.25) is 5.91 Å². The van der Waals surface area contributed by atoms with Crippen molar-refractivity contribution in [3.05, 3.63) is 81.3 Å². The van der Waals surface area contributed by atoms with Gasteiger partial charge in [-0.3, -0.25) is 4.79 Å². The van der Waals surface area contributed by atoms with Crippen LogP contribution in [0.2, 0.25) is 0 Å². The Balaban J connectivity index is 1.61. The van der Waals surface area contributed by atoms with Crippen molar-refractivity contribution in [3.63, 3.8) is 0 Å². The molecule has 30 heavy (non-hydrogen) atoms. The largest absolute Gasteiger partial charge is 0.273 e. The van der Waals surface area contributed by atoms with Crippen molar-refractivity contribution >= 4 is 34.3 Å². The van der Waals surface area contributed by atoms with Gasteiger partial charge < -0.3 is 0 Å². The highest BCUT2D eigenvalue weighted by molar-refractivity contribution is 7.08. The number of rotatable bonds is 5. The number of amides is 1. The van der Waals surface area contributed by atoms with Crippen LogP contribution in [0.25, 0.3) is 16.9 Å². The molecule has 0 saturated heterocycles. The lowest BCUT2D eigenvalue weighted by molar-refractivity contribution is -0.132. The summed E-state index contributed by atoms with van der Waals surface area (Å²) in [7, 11) is 0. The van der Waals surface area contributed by atoms with E-state index in [0.29, 0.717) is 12.8 Å². The summed E-state index contributed by atoms with van der Waals surface area (Å²) in [6.45, 7) is 1.88. The van der Waals surface area contributed by atoms with Gasteiger partial charge in [0, 0.05) is 41.1 Å². The van der Waals surface area contributed by atoms with Crippen molar-refractivity contribution < 1.29 is 4.79 Å². The quantitative estimate of drug-likeness (QED) is 0.403. The number of carbonyl (C=O) groups excluding carboxylic acids is 1. The predicted molar refractivity (Wildman–Crippen MR) is 122 cm³/mol. The highest BCUT2D eigenvalue weighted by Gasteiger charge is 2.35. The van der Waals surface area contributed by atoms with Gasteiger partial charge in [0.05, 0.1) is 23.1 Å². The molecule has 5 rings (SSSR count). The number of thiophene rings is 2. The van der Waals surface area contributed by atoms with Crippen molar-refractivity contribution in [2.24, 2.45) is 5.10 Å². The number of aromatic nitrogens is 2. The summed E-state index contributed by atoms with van der Waals surface area (Å²) in [5, 5.41) is 19.6. The Morgan fingerprint density at radius 3 is 2.47 bits per heavy atom.